The van der Waals surface area contributed by atoms with Gasteiger partial charge in [-0.2, -0.15) is 0 Å². The Bertz CT molecular complexity index is 185. The number of aliphatic carboxylic acids is 1. The Morgan fingerprint density at radius 3 is 2.27 bits per heavy atom. The van der Waals surface area contributed by atoms with Crippen molar-refractivity contribution in [3.8, 4) is 0 Å². The number of hydrogen-bond donors (Lipinski definition) is 1. The Balaban J connectivity index is 3.78. The van der Waals surface area contributed by atoms with E-state index in [9.17, 15) is 18.9 Å². The first-order valence-corrected chi connectivity index (χ1v) is 3.14. The average molecular weight is 183 g/mol. The molecule has 0 saturated carbocycles. The lowest BCUT2D eigenvalue weighted by molar-refractivity contribution is -1.62. The lowest BCUT2D eigenvalue weighted by Gasteiger charge is -1.87. The summed E-state index contributed by atoms with van der Waals surface area (Å²) in [7, 11) is -2.64. The van der Waals surface area contributed by atoms with E-state index in [2.05, 4.69) is 4.29 Å². The van der Waals surface area contributed by atoms with Gasteiger partial charge in [-0.3, -0.25) is 0 Å². The molecule has 0 fully saturated rings. The van der Waals surface area contributed by atoms with Crippen LogP contribution in [0, 0.1) is 10.8 Å². The van der Waals surface area contributed by atoms with Gasteiger partial charge in [0.25, 0.3) is 0 Å². The summed E-state index contributed by atoms with van der Waals surface area (Å²) < 4.78 is 22.7. The van der Waals surface area contributed by atoms with E-state index in [0.29, 0.717) is 12.2 Å². The van der Waals surface area contributed by atoms with Crippen LogP contribution in [0.1, 0.15) is 0 Å². The lowest BCUT2D eigenvalue weighted by atomic mass is 10.5. The van der Waals surface area contributed by atoms with Crippen LogP contribution in [0.2, 0.25) is 0 Å². The molecule has 0 unspecified atom stereocenters. The van der Waals surface area contributed by atoms with Crippen LogP contribution in [0.3, 0.4) is 0 Å². The van der Waals surface area contributed by atoms with Crippen molar-refractivity contribution in [3.63, 3.8) is 0 Å². The summed E-state index contributed by atoms with van der Waals surface area (Å²) in [6.07, 6.45) is 0.937. The molecule has 11 heavy (non-hydrogen) atoms. The Labute approximate surface area is 64.1 Å². The molecule has 0 aromatic heterocycles. The monoisotopic (exact) mass is 182 g/mol. The average Bonchev–Trinajstić information content (AvgIpc) is 1.82. The molecular formula is C4H3ClO6. The molecule has 0 aliphatic carbocycles. The topological polar surface area (TPSA) is 110 Å². The van der Waals surface area contributed by atoms with Gasteiger partial charge >= 0.3 is 22.7 Å². The Morgan fingerprint density at radius 1 is 1.36 bits per heavy atom. The zero-order chi connectivity index (χ0) is 8.85. The maximum Gasteiger partial charge on any atom is 0.445 e. The summed E-state index contributed by atoms with van der Waals surface area (Å²) in [5.41, 5.74) is 0. The summed E-state index contributed by atoms with van der Waals surface area (Å²) in [6, 6.07) is 0. The third-order valence-electron chi connectivity index (χ3n) is 0.501. The van der Waals surface area contributed by atoms with E-state index in [1.807, 2.05) is 0 Å². The van der Waals surface area contributed by atoms with Gasteiger partial charge in [-0.1, -0.05) is 4.29 Å². The highest BCUT2D eigenvalue weighted by molar-refractivity contribution is 5.90. The molecule has 0 atom stereocenters. The zero-order valence-electron chi connectivity index (χ0n) is 5.02. The first-order chi connectivity index (χ1) is 5.02. The molecular weight excluding hydrogens is 179 g/mol. The van der Waals surface area contributed by atoms with E-state index in [1.165, 1.54) is 0 Å². The van der Waals surface area contributed by atoms with Crippen molar-refractivity contribution < 1.29 is 39.1 Å². The fraction of sp³-hybridized carbons (Fsp3) is 0. The summed E-state index contributed by atoms with van der Waals surface area (Å²) in [4.78, 5) is 19.9. The molecule has 0 spiro atoms. The van der Waals surface area contributed by atoms with Gasteiger partial charge in [0.15, 0.2) is 0 Å². The van der Waals surface area contributed by atoms with E-state index >= 15 is 0 Å². The van der Waals surface area contributed by atoms with Crippen molar-refractivity contribution in [2.75, 3.05) is 0 Å². The summed E-state index contributed by atoms with van der Waals surface area (Å²) in [5.74, 6) is -2.63. The van der Waals surface area contributed by atoms with Crippen LogP contribution in [0.5, 0.6) is 0 Å². The smallest absolute Gasteiger partial charge is 0.445 e. The van der Waals surface area contributed by atoms with Crippen LogP contribution < -0.4 is 9.32 Å². The molecule has 6 nitrogen and oxygen atoms in total. The molecule has 0 bridgehead atoms. The highest BCUT2D eigenvalue weighted by Crippen LogP contribution is 1.83. The van der Waals surface area contributed by atoms with Gasteiger partial charge in [-0.05, 0) is 0 Å². The van der Waals surface area contributed by atoms with Gasteiger partial charge in [0.05, 0.1) is 0 Å². The molecule has 0 saturated heterocycles. The first-order valence-electron chi connectivity index (χ1n) is 2.21. The minimum Gasteiger partial charge on any atom is -0.478 e. The highest BCUT2D eigenvalue weighted by Gasteiger charge is 2.13. The number of rotatable bonds is 3. The quantitative estimate of drug-likeness (QED) is 0.474. The fourth-order valence-electron chi connectivity index (χ4n) is 0.227. The second kappa shape index (κ2) is 4.67. The number of carboxylic acids is 1. The zero-order valence-corrected chi connectivity index (χ0v) is 5.78. The Hall–Kier alpha value is -1.11. The maximum absolute atomic E-state index is 10.2. The van der Waals surface area contributed by atoms with Crippen molar-refractivity contribution in [2.24, 2.45) is 0 Å². The summed E-state index contributed by atoms with van der Waals surface area (Å²) in [5, 5.41) is 7.94. The van der Waals surface area contributed by atoms with E-state index < -0.39 is 22.7 Å². The molecule has 0 aromatic carbocycles. The van der Waals surface area contributed by atoms with E-state index in [4.69, 9.17) is 5.11 Å². The van der Waals surface area contributed by atoms with Crippen molar-refractivity contribution in [2.45, 2.75) is 0 Å². The van der Waals surface area contributed by atoms with Gasteiger partial charge < -0.3 is 14.4 Å². The van der Waals surface area contributed by atoms with E-state index in [1.54, 1.807) is 0 Å². The van der Waals surface area contributed by atoms with Crippen LogP contribution in [-0.4, -0.2) is 17.0 Å². The second-order valence-corrected chi connectivity index (χ2v) is 1.79. The third-order valence-corrected chi connectivity index (χ3v) is 0.779. The number of halogens is 1. The van der Waals surface area contributed by atoms with Gasteiger partial charge in [0, 0.05) is 12.2 Å². The molecule has 7 heteroatoms. The molecule has 0 aliphatic rings. The van der Waals surface area contributed by atoms with Crippen molar-refractivity contribution in [3.05, 3.63) is 12.2 Å². The SMILES string of the molecule is O=C(O)/C=C\C(=O)O[Cl+2]([O-])[O-]. The predicted octanol–water partition coefficient (Wildman–Crippen LogP) is -2.74. The van der Waals surface area contributed by atoms with Gasteiger partial charge in [0.2, 0.25) is 0 Å². The molecule has 1 N–H and O–H groups in total. The number of hydrogen-bond acceptors (Lipinski definition) is 5. The molecule has 0 aromatic rings. The van der Waals surface area contributed by atoms with Crippen LogP contribution >= 0.6 is 0 Å². The van der Waals surface area contributed by atoms with Gasteiger partial charge in [-0.25, -0.2) is 9.59 Å². The lowest BCUT2D eigenvalue weighted by Crippen LogP contribution is -2.35. The molecule has 0 radical (unpaired) electrons. The Kier molecular flexibility index (Phi) is 4.20. The second-order valence-electron chi connectivity index (χ2n) is 1.26. The van der Waals surface area contributed by atoms with Crippen molar-refractivity contribution in [1.82, 2.24) is 0 Å². The largest absolute Gasteiger partial charge is 0.478 e. The molecule has 62 valence electrons. The Morgan fingerprint density at radius 2 is 1.91 bits per heavy atom. The van der Waals surface area contributed by atoms with Crippen molar-refractivity contribution in [1.29, 1.82) is 0 Å². The summed E-state index contributed by atoms with van der Waals surface area (Å²) >= 11 is 0. The standard InChI is InChI=1S/C4H3ClO6/c6-3(7)1-2-4(8)11-5(9)10/h1-2H,(H,6,7)/b2-1-. The first kappa shape index (κ1) is 9.89. The number of carboxylic acid groups (broad SMARTS) is 1. The van der Waals surface area contributed by atoms with E-state index in [-0.39, 0.29) is 0 Å². The van der Waals surface area contributed by atoms with Gasteiger partial charge in [0.1, 0.15) is 0 Å². The van der Waals surface area contributed by atoms with Gasteiger partial charge in [-0.15, -0.1) is 0 Å². The molecule has 0 heterocycles. The minimum atomic E-state index is -2.64. The molecule has 0 rings (SSSR count). The van der Waals surface area contributed by atoms with Crippen molar-refractivity contribution >= 4 is 11.9 Å². The number of carbonyl (C=O) groups excluding carboxylic acids is 1. The third kappa shape index (κ3) is 6.78. The number of carbonyl (C=O) groups is 2. The minimum absolute atomic E-state index is 0.462. The van der Waals surface area contributed by atoms with Crippen LogP contribution in [0.15, 0.2) is 12.2 Å². The fourth-order valence-corrected chi connectivity index (χ4v) is 0.403. The van der Waals surface area contributed by atoms with Crippen LogP contribution in [-0.2, 0) is 13.9 Å². The predicted molar refractivity (Wildman–Crippen MR) is 22.9 cm³/mol. The molecule has 0 amide bonds. The normalized spacial score (nSPS) is 10.5. The van der Waals surface area contributed by atoms with E-state index in [0.717, 1.165) is 0 Å². The van der Waals surface area contributed by atoms with Crippen LogP contribution in [0.25, 0.3) is 0 Å². The summed E-state index contributed by atoms with van der Waals surface area (Å²) in [6.45, 7) is 0. The highest BCUT2D eigenvalue weighted by atomic mass is 35.6. The van der Waals surface area contributed by atoms with Crippen LogP contribution in [0.4, 0.5) is 0 Å². The molecule has 0 aliphatic heterocycles. The maximum atomic E-state index is 10.2.